The van der Waals surface area contributed by atoms with Crippen LogP contribution in [0.3, 0.4) is 0 Å². The third-order valence-electron chi connectivity index (χ3n) is 3.22. The van der Waals surface area contributed by atoms with Crippen molar-refractivity contribution in [3.63, 3.8) is 0 Å². The van der Waals surface area contributed by atoms with Crippen LogP contribution < -0.4 is 5.73 Å². The van der Waals surface area contributed by atoms with Crippen LogP contribution in [0.15, 0.2) is 29.6 Å². The fraction of sp³-hybridized carbons (Fsp3) is 0.357. The maximum absolute atomic E-state index is 5.77. The molecule has 94 valence electrons. The predicted octanol–water partition coefficient (Wildman–Crippen LogP) is 2.26. The second-order valence-electron chi connectivity index (χ2n) is 4.96. The van der Waals surface area contributed by atoms with Gasteiger partial charge in [-0.2, -0.15) is 0 Å². The van der Waals surface area contributed by atoms with Gasteiger partial charge in [-0.15, -0.1) is 11.3 Å². The zero-order valence-corrected chi connectivity index (χ0v) is 11.3. The molecule has 0 spiro atoms. The van der Waals surface area contributed by atoms with Crippen LogP contribution in [-0.4, -0.2) is 29.0 Å². The number of thiazole rings is 1. The molecule has 0 saturated carbocycles. The molecule has 1 fully saturated rings. The Balaban J connectivity index is 1.71. The monoisotopic (exact) mass is 259 g/mol. The summed E-state index contributed by atoms with van der Waals surface area (Å²) in [4.78, 5) is 7.03. The first-order valence-electron chi connectivity index (χ1n) is 6.20. The Morgan fingerprint density at radius 2 is 2.06 bits per heavy atom. The summed E-state index contributed by atoms with van der Waals surface area (Å²) < 4.78 is 0. The van der Waals surface area contributed by atoms with E-state index in [1.807, 2.05) is 0 Å². The molecule has 1 aromatic heterocycles. The number of likely N-dealkylation sites (tertiary alicyclic amines) is 1. The highest BCUT2D eigenvalue weighted by molar-refractivity contribution is 7.13. The lowest BCUT2D eigenvalue weighted by atomic mass is 10.1. The summed E-state index contributed by atoms with van der Waals surface area (Å²) in [6, 6.07) is 8.89. The van der Waals surface area contributed by atoms with Gasteiger partial charge in [0, 0.05) is 36.6 Å². The summed E-state index contributed by atoms with van der Waals surface area (Å²) in [5.74, 6) is 0. The van der Waals surface area contributed by atoms with E-state index in [9.17, 15) is 0 Å². The van der Waals surface area contributed by atoms with E-state index in [4.69, 9.17) is 10.7 Å². The van der Waals surface area contributed by atoms with Gasteiger partial charge in [-0.25, -0.2) is 4.98 Å². The van der Waals surface area contributed by atoms with Crippen LogP contribution in [-0.2, 0) is 6.54 Å². The number of rotatable bonds is 3. The van der Waals surface area contributed by atoms with Gasteiger partial charge in [0.1, 0.15) is 5.01 Å². The quantitative estimate of drug-likeness (QED) is 0.919. The van der Waals surface area contributed by atoms with Gasteiger partial charge in [0.15, 0.2) is 0 Å². The summed E-state index contributed by atoms with van der Waals surface area (Å²) >= 11 is 1.72. The Hall–Kier alpha value is -1.23. The van der Waals surface area contributed by atoms with Gasteiger partial charge in [0.25, 0.3) is 0 Å². The van der Waals surface area contributed by atoms with Crippen LogP contribution in [0, 0.1) is 6.92 Å². The summed E-state index contributed by atoms with van der Waals surface area (Å²) in [5, 5.41) is 3.26. The van der Waals surface area contributed by atoms with Gasteiger partial charge in [0.05, 0.1) is 5.69 Å². The van der Waals surface area contributed by atoms with Crippen LogP contribution in [0.1, 0.15) is 11.3 Å². The fourth-order valence-electron chi connectivity index (χ4n) is 2.18. The maximum atomic E-state index is 5.77. The van der Waals surface area contributed by atoms with E-state index in [2.05, 4.69) is 41.5 Å². The van der Waals surface area contributed by atoms with E-state index in [0.717, 1.165) is 30.3 Å². The molecule has 18 heavy (non-hydrogen) atoms. The van der Waals surface area contributed by atoms with Crippen molar-refractivity contribution in [3.8, 4) is 10.6 Å². The van der Waals surface area contributed by atoms with Gasteiger partial charge < -0.3 is 5.73 Å². The van der Waals surface area contributed by atoms with Crippen molar-refractivity contribution in [2.45, 2.75) is 19.5 Å². The van der Waals surface area contributed by atoms with Gasteiger partial charge in [-0.3, -0.25) is 4.90 Å². The SMILES string of the molecule is Cc1ccc(-c2nc(CN3CC(N)C3)cs2)cc1. The summed E-state index contributed by atoms with van der Waals surface area (Å²) in [7, 11) is 0. The molecular formula is C14H17N3S. The summed E-state index contributed by atoms with van der Waals surface area (Å²) in [6.45, 7) is 5.02. The molecule has 1 saturated heterocycles. The average Bonchev–Trinajstić information content (AvgIpc) is 2.77. The van der Waals surface area contributed by atoms with Crippen LogP contribution in [0.25, 0.3) is 10.6 Å². The highest BCUT2D eigenvalue weighted by Crippen LogP contribution is 2.25. The molecule has 0 aliphatic carbocycles. The number of benzene rings is 1. The summed E-state index contributed by atoms with van der Waals surface area (Å²) in [5.41, 5.74) is 9.42. The van der Waals surface area contributed by atoms with E-state index < -0.39 is 0 Å². The molecule has 1 aliphatic rings. The Morgan fingerprint density at radius 1 is 1.33 bits per heavy atom. The number of hydrogen-bond acceptors (Lipinski definition) is 4. The molecule has 3 rings (SSSR count). The fourth-order valence-corrected chi connectivity index (χ4v) is 2.99. The first kappa shape index (κ1) is 11.8. The van der Waals surface area contributed by atoms with Crippen molar-refractivity contribution in [1.82, 2.24) is 9.88 Å². The van der Waals surface area contributed by atoms with Crippen molar-refractivity contribution >= 4 is 11.3 Å². The van der Waals surface area contributed by atoms with Crippen molar-refractivity contribution in [2.24, 2.45) is 5.73 Å². The van der Waals surface area contributed by atoms with Crippen molar-refractivity contribution in [3.05, 3.63) is 40.9 Å². The minimum absolute atomic E-state index is 0.361. The molecule has 1 aromatic carbocycles. The van der Waals surface area contributed by atoms with Gasteiger partial charge >= 0.3 is 0 Å². The highest BCUT2D eigenvalue weighted by Gasteiger charge is 2.23. The largest absolute Gasteiger partial charge is 0.325 e. The van der Waals surface area contributed by atoms with E-state index >= 15 is 0 Å². The maximum Gasteiger partial charge on any atom is 0.123 e. The molecule has 2 heterocycles. The zero-order chi connectivity index (χ0) is 12.5. The Labute approximate surface area is 111 Å². The first-order valence-corrected chi connectivity index (χ1v) is 7.08. The van der Waals surface area contributed by atoms with Crippen LogP contribution in [0.4, 0.5) is 0 Å². The number of hydrogen-bond donors (Lipinski definition) is 1. The smallest absolute Gasteiger partial charge is 0.123 e. The third kappa shape index (κ3) is 2.46. The molecular weight excluding hydrogens is 242 g/mol. The minimum atomic E-state index is 0.361. The van der Waals surface area contributed by atoms with E-state index in [1.165, 1.54) is 11.1 Å². The van der Waals surface area contributed by atoms with Gasteiger partial charge in [0.2, 0.25) is 0 Å². The van der Waals surface area contributed by atoms with Crippen molar-refractivity contribution in [1.29, 1.82) is 0 Å². The van der Waals surface area contributed by atoms with Crippen molar-refractivity contribution < 1.29 is 0 Å². The topological polar surface area (TPSA) is 42.2 Å². The Bertz CT molecular complexity index is 526. The number of nitrogens with two attached hydrogens (primary N) is 1. The highest BCUT2D eigenvalue weighted by atomic mass is 32.1. The Kier molecular flexibility index (Phi) is 3.16. The van der Waals surface area contributed by atoms with Crippen molar-refractivity contribution in [2.75, 3.05) is 13.1 Å². The second-order valence-corrected chi connectivity index (χ2v) is 5.82. The van der Waals surface area contributed by atoms with Crippen LogP contribution in [0.5, 0.6) is 0 Å². The molecule has 4 heteroatoms. The second kappa shape index (κ2) is 4.80. The number of aromatic nitrogens is 1. The van der Waals surface area contributed by atoms with E-state index in [-0.39, 0.29) is 0 Å². The molecule has 2 aromatic rings. The standard InChI is InChI=1S/C14H17N3S/c1-10-2-4-11(5-3-10)14-16-13(9-18-14)8-17-6-12(15)7-17/h2-5,9,12H,6-8,15H2,1H3. The lowest BCUT2D eigenvalue weighted by Crippen LogP contribution is -2.54. The zero-order valence-electron chi connectivity index (χ0n) is 10.5. The molecule has 1 aliphatic heterocycles. The minimum Gasteiger partial charge on any atom is -0.325 e. The van der Waals surface area contributed by atoms with Crippen LogP contribution >= 0.6 is 11.3 Å². The van der Waals surface area contributed by atoms with Crippen LogP contribution in [0.2, 0.25) is 0 Å². The summed E-state index contributed by atoms with van der Waals surface area (Å²) in [6.07, 6.45) is 0. The molecule has 0 atom stereocenters. The molecule has 2 N–H and O–H groups in total. The average molecular weight is 259 g/mol. The first-order chi connectivity index (χ1) is 8.70. The number of aryl methyl sites for hydroxylation is 1. The molecule has 0 radical (unpaired) electrons. The molecule has 3 nitrogen and oxygen atoms in total. The molecule has 0 unspecified atom stereocenters. The lowest BCUT2D eigenvalue weighted by Gasteiger charge is -2.36. The van der Waals surface area contributed by atoms with E-state index in [1.54, 1.807) is 11.3 Å². The predicted molar refractivity (Wildman–Crippen MR) is 75.5 cm³/mol. The third-order valence-corrected chi connectivity index (χ3v) is 4.16. The molecule has 0 bridgehead atoms. The Morgan fingerprint density at radius 3 is 2.72 bits per heavy atom. The number of nitrogens with zero attached hydrogens (tertiary/aromatic N) is 2. The molecule has 0 amide bonds. The van der Waals surface area contributed by atoms with E-state index in [0.29, 0.717) is 6.04 Å². The lowest BCUT2D eigenvalue weighted by molar-refractivity contribution is 0.141. The normalized spacial score (nSPS) is 16.8. The van der Waals surface area contributed by atoms with Gasteiger partial charge in [-0.1, -0.05) is 29.8 Å². The van der Waals surface area contributed by atoms with Gasteiger partial charge in [-0.05, 0) is 6.92 Å².